The molecule has 0 N–H and O–H groups in total. The Morgan fingerprint density at radius 3 is 2.17 bits per heavy atom. The van der Waals surface area contributed by atoms with Crippen molar-refractivity contribution in [2.45, 2.75) is 65.4 Å². The number of hydrogen-bond donors (Lipinski definition) is 0. The van der Waals surface area contributed by atoms with Crippen LogP contribution in [0.25, 0.3) is 22.5 Å². The zero-order valence-electron chi connectivity index (χ0n) is 29.0. The number of unbranched alkanes of at least 4 members (excludes halogenated alkanes) is 1. The molecule has 2 heterocycles. The van der Waals surface area contributed by atoms with Crippen LogP contribution in [-0.2, 0) is 56.7 Å². The van der Waals surface area contributed by atoms with E-state index in [-0.39, 0.29) is 50.2 Å². The van der Waals surface area contributed by atoms with Crippen LogP contribution in [0.1, 0.15) is 60.8 Å². The fourth-order valence-corrected chi connectivity index (χ4v) is 5.55. The zero-order valence-corrected chi connectivity index (χ0v) is 29.8. The Kier molecular flexibility index (Phi) is 13.6. The van der Waals surface area contributed by atoms with E-state index in [0.29, 0.717) is 35.3 Å². The number of hydrogen-bond acceptors (Lipinski definition) is 14. The molecule has 0 aliphatic carbocycles. The van der Waals surface area contributed by atoms with E-state index >= 15 is 0 Å². The minimum atomic E-state index is -0.909. The number of carbonyl (C=O) groups is 2. The van der Waals surface area contributed by atoms with Crippen LogP contribution in [0.2, 0.25) is 5.15 Å². The van der Waals surface area contributed by atoms with Gasteiger partial charge in [-0.1, -0.05) is 103 Å². The average Bonchev–Trinajstić information content (AvgIpc) is 3.78. The van der Waals surface area contributed by atoms with Gasteiger partial charge >= 0.3 is 12.1 Å². The first-order valence-electron chi connectivity index (χ1n) is 16.8. The van der Waals surface area contributed by atoms with E-state index in [1.165, 1.54) is 0 Å². The van der Waals surface area contributed by atoms with Gasteiger partial charge in [0.1, 0.15) is 25.6 Å². The first kappa shape index (κ1) is 38.8. The van der Waals surface area contributed by atoms with Crippen LogP contribution in [0.15, 0.2) is 72.8 Å². The Bertz CT molecular complexity index is 2070. The van der Waals surface area contributed by atoms with E-state index in [4.69, 9.17) is 21.1 Å². The molecule has 0 bridgehead atoms. The van der Waals surface area contributed by atoms with Crippen LogP contribution < -0.4 is 0 Å². The fourth-order valence-electron chi connectivity index (χ4n) is 5.30. The molecule has 5 aromatic rings. The molecule has 0 saturated heterocycles. The lowest BCUT2D eigenvalue weighted by molar-refractivity contribution is -0.763. The van der Waals surface area contributed by atoms with Crippen molar-refractivity contribution in [2.75, 3.05) is 6.61 Å². The Morgan fingerprint density at radius 1 is 0.815 bits per heavy atom. The molecule has 2 aromatic heterocycles. The van der Waals surface area contributed by atoms with E-state index < -0.39 is 22.2 Å². The number of tetrazole rings is 1. The summed E-state index contributed by atoms with van der Waals surface area (Å²) in [6.07, 6.45) is 1.74. The lowest BCUT2D eigenvalue weighted by atomic mass is 9.98. The van der Waals surface area contributed by atoms with Crippen molar-refractivity contribution in [1.29, 1.82) is 0 Å². The van der Waals surface area contributed by atoms with Crippen molar-refractivity contribution in [2.24, 2.45) is 0 Å². The SMILES string of the molecule is CCCCc1nc(Cl)c(COC(=O)CCCO[N+](=O)[O-])n1Cc1ccc(-c2ccccc2-c2nnn(C(=O)OCc3ccc(CO[N+](=O)[O-])cc3)n2)cc1. The molecule has 19 heteroatoms. The Morgan fingerprint density at radius 2 is 1.48 bits per heavy atom. The van der Waals surface area contributed by atoms with Gasteiger partial charge in [0.2, 0.25) is 5.82 Å². The maximum absolute atomic E-state index is 12.7. The third-order valence-electron chi connectivity index (χ3n) is 8.02. The number of rotatable bonds is 19. The second kappa shape index (κ2) is 18.9. The summed E-state index contributed by atoms with van der Waals surface area (Å²) in [6.45, 7) is 1.88. The van der Waals surface area contributed by atoms with Crippen LogP contribution in [0.3, 0.4) is 0 Å². The van der Waals surface area contributed by atoms with Crippen molar-refractivity contribution < 1.29 is 38.9 Å². The highest BCUT2D eigenvalue weighted by Crippen LogP contribution is 2.30. The molecular formula is C35H35ClN8O10. The minimum absolute atomic E-state index is 0.0507. The molecule has 54 heavy (non-hydrogen) atoms. The van der Waals surface area contributed by atoms with Crippen molar-refractivity contribution in [3.8, 4) is 22.5 Å². The summed E-state index contributed by atoms with van der Waals surface area (Å²) in [5.41, 5.74) is 4.98. The Balaban J connectivity index is 1.25. The summed E-state index contributed by atoms with van der Waals surface area (Å²) in [5.74, 6) is 0.426. The summed E-state index contributed by atoms with van der Waals surface area (Å²) in [7, 11) is 0. The molecule has 18 nitrogen and oxygen atoms in total. The summed E-state index contributed by atoms with van der Waals surface area (Å²) >= 11 is 6.52. The lowest BCUT2D eigenvalue weighted by Crippen LogP contribution is -2.16. The number of benzene rings is 3. The molecule has 0 aliphatic rings. The largest absolute Gasteiger partial charge is 0.459 e. The van der Waals surface area contributed by atoms with E-state index in [9.17, 15) is 29.8 Å². The molecule has 3 aromatic carbocycles. The van der Waals surface area contributed by atoms with E-state index in [1.54, 1.807) is 24.3 Å². The van der Waals surface area contributed by atoms with Gasteiger partial charge in [0, 0.05) is 24.9 Å². The van der Waals surface area contributed by atoms with Gasteiger partial charge in [-0.3, -0.25) is 4.79 Å². The molecular weight excluding hydrogens is 728 g/mol. The molecule has 0 saturated carbocycles. The van der Waals surface area contributed by atoms with E-state index in [0.717, 1.165) is 40.2 Å². The van der Waals surface area contributed by atoms with E-state index in [2.05, 4.69) is 37.0 Å². The van der Waals surface area contributed by atoms with Crippen LogP contribution in [0.4, 0.5) is 4.79 Å². The number of aryl methyl sites for hydroxylation is 1. The van der Waals surface area contributed by atoms with Crippen molar-refractivity contribution in [3.63, 3.8) is 0 Å². The van der Waals surface area contributed by atoms with Crippen molar-refractivity contribution in [3.05, 3.63) is 126 Å². The number of halogens is 1. The highest BCUT2D eigenvalue weighted by atomic mass is 35.5. The molecule has 0 atom stereocenters. The van der Waals surface area contributed by atoms with Gasteiger partial charge in [-0.15, -0.1) is 30.4 Å². The lowest BCUT2D eigenvalue weighted by Gasteiger charge is -2.14. The van der Waals surface area contributed by atoms with Gasteiger partial charge in [0.05, 0.1) is 12.3 Å². The first-order valence-corrected chi connectivity index (χ1v) is 17.2. The van der Waals surface area contributed by atoms with Crippen LogP contribution in [-0.4, -0.2) is 58.6 Å². The van der Waals surface area contributed by atoms with Gasteiger partial charge < -0.3 is 23.7 Å². The quantitative estimate of drug-likeness (QED) is 0.0397. The third kappa shape index (κ3) is 10.8. The second-order valence-electron chi connectivity index (χ2n) is 11.8. The number of ether oxygens (including phenoxy) is 2. The van der Waals surface area contributed by atoms with Gasteiger partial charge in [-0.2, -0.15) is 0 Å². The Hall–Kier alpha value is -6.43. The zero-order chi connectivity index (χ0) is 38.5. The summed E-state index contributed by atoms with van der Waals surface area (Å²) < 4.78 is 12.7. The first-order chi connectivity index (χ1) is 26.1. The highest BCUT2D eigenvalue weighted by molar-refractivity contribution is 6.30. The maximum atomic E-state index is 12.7. The number of esters is 1. The number of carbonyl (C=O) groups excluding carboxylic acids is 2. The van der Waals surface area contributed by atoms with Gasteiger partial charge in [-0.25, -0.2) is 9.78 Å². The third-order valence-corrected chi connectivity index (χ3v) is 8.32. The fraction of sp³-hybridized carbons (Fsp3) is 0.314. The van der Waals surface area contributed by atoms with Crippen LogP contribution >= 0.6 is 11.6 Å². The molecule has 0 radical (unpaired) electrons. The van der Waals surface area contributed by atoms with Crippen molar-refractivity contribution in [1.82, 2.24) is 29.8 Å². The summed E-state index contributed by atoms with van der Waals surface area (Å²) in [4.78, 5) is 59.7. The smallest absolute Gasteiger partial charge is 0.454 e. The highest BCUT2D eigenvalue weighted by Gasteiger charge is 2.19. The van der Waals surface area contributed by atoms with Crippen molar-refractivity contribution >= 4 is 23.7 Å². The topological polar surface area (TPSA) is 219 Å². The van der Waals surface area contributed by atoms with Gasteiger partial charge in [0.25, 0.3) is 10.2 Å². The average molecular weight is 763 g/mol. The summed E-state index contributed by atoms with van der Waals surface area (Å²) in [5, 5.41) is 31.4. The van der Waals surface area contributed by atoms with Gasteiger partial charge in [-0.05, 0) is 45.9 Å². The normalized spacial score (nSPS) is 10.9. The predicted octanol–water partition coefficient (Wildman–Crippen LogP) is 6.17. The molecule has 0 amide bonds. The van der Waals surface area contributed by atoms with Crippen LogP contribution in [0.5, 0.6) is 0 Å². The predicted molar refractivity (Wildman–Crippen MR) is 189 cm³/mol. The second-order valence-corrected chi connectivity index (χ2v) is 12.1. The van der Waals surface area contributed by atoms with E-state index in [1.807, 2.05) is 53.1 Å². The molecule has 0 spiro atoms. The number of nitrogens with zero attached hydrogens (tertiary/aromatic N) is 8. The molecule has 282 valence electrons. The minimum Gasteiger partial charge on any atom is -0.459 e. The maximum Gasteiger partial charge on any atom is 0.454 e. The molecule has 0 unspecified atom stereocenters. The summed E-state index contributed by atoms with van der Waals surface area (Å²) in [6, 6.07) is 21.8. The number of imidazole rings is 1. The monoisotopic (exact) mass is 762 g/mol. The number of aromatic nitrogens is 6. The Labute approximate surface area is 312 Å². The standard InChI is InChI=1S/C35H35ClN8O10/c1-2-3-9-31-37-33(36)30(23-51-32(45)10-6-19-53-43(47)48)41(31)20-24-15-17-27(18-16-24)28-7-4-5-8-29(28)34-38-40-42(39-34)35(46)52-21-25-11-13-26(14-12-25)22-54-44(49)50/h4-5,7-8,11-18H,2-3,6,9-10,19-23H2,1H3. The van der Waals surface area contributed by atoms with Crippen LogP contribution in [0, 0.1) is 20.2 Å². The molecule has 5 rings (SSSR count). The molecule has 0 fully saturated rings. The van der Waals surface area contributed by atoms with Gasteiger partial charge in [0.15, 0.2) is 5.15 Å². The molecule has 0 aliphatic heterocycles.